The molecule has 1 amide bonds. The molecule has 184 valence electrons. The van der Waals surface area contributed by atoms with E-state index in [1.165, 1.54) is 31.0 Å². The van der Waals surface area contributed by atoms with Gasteiger partial charge in [-0.2, -0.15) is 5.10 Å². The number of hydrazone groups is 1. The summed E-state index contributed by atoms with van der Waals surface area (Å²) in [6.45, 7) is 1.91. The van der Waals surface area contributed by atoms with Crippen LogP contribution in [0.4, 0.5) is 0 Å². The molecule has 1 aromatic heterocycles. The van der Waals surface area contributed by atoms with Crippen LogP contribution in [0.1, 0.15) is 50.6 Å². The van der Waals surface area contributed by atoms with E-state index in [0.717, 1.165) is 51.4 Å². The van der Waals surface area contributed by atoms with Crippen molar-refractivity contribution in [1.29, 1.82) is 0 Å². The number of fused-ring (bicyclic) bond motifs is 1. The summed E-state index contributed by atoms with van der Waals surface area (Å²) < 4.78 is 2.21. The van der Waals surface area contributed by atoms with Crippen LogP contribution in [0.3, 0.4) is 0 Å². The molecule has 1 fully saturated rings. The van der Waals surface area contributed by atoms with Crippen LogP contribution in [0.25, 0.3) is 22.2 Å². The van der Waals surface area contributed by atoms with E-state index in [1.807, 2.05) is 55.5 Å². The molecule has 3 aromatic carbocycles. The molecule has 0 bridgehead atoms. The maximum Gasteiger partial charge on any atom is 0.250 e. The first kappa shape index (κ1) is 24.5. The molecule has 1 saturated carbocycles. The topological polar surface area (TPSA) is 72.2 Å². The largest absolute Gasteiger partial charge is 0.299 e. The van der Waals surface area contributed by atoms with E-state index < -0.39 is 0 Å². The number of hydrogen-bond donors (Lipinski definition) is 1. The zero-order valence-electron chi connectivity index (χ0n) is 20.2. The lowest BCUT2D eigenvalue weighted by molar-refractivity contribution is -0.118. The van der Waals surface area contributed by atoms with Gasteiger partial charge in [0.05, 0.1) is 11.5 Å². The Kier molecular flexibility index (Phi) is 7.68. The monoisotopic (exact) mass is 517 g/mol. The number of nitrogens with zero attached hydrogens (tertiary/aromatic N) is 4. The second-order valence-corrected chi connectivity index (χ2v) is 10.4. The minimum atomic E-state index is -0.175. The van der Waals surface area contributed by atoms with Crippen molar-refractivity contribution in [1.82, 2.24) is 20.2 Å². The van der Waals surface area contributed by atoms with Crippen molar-refractivity contribution in [3.8, 4) is 11.4 Å². The summed E-state index contributed by atoms with van der Waals surface area (Å²) in [4.78, 5) is 12.7. The number of thioether (sulfide) groups is 1. The number of carbonyl (C=O) groups excluding carboxylic acids is 1. The number of amides is 1. The first-order valence-corrected chi connectivity index (χ1v) is 13.6. The molecule has 1 N–H and O–H groups in total. The van der Waals surface area contributed by atoms with Crippen LogP contribution in [-0.4, -0.2) is 32.1 Å². The van der Waals surface area contributed by atoms with Gasteiger partial charge in [-0.15, -0.1) is 10.2 Å². The summed E-state index contributed by atoms with van der Waals surface area (Å²) in [5, 5.41) is 17.1. The van der Waals surface area contributed by atoms with Gasteiger partial charge < -0.3 is 0 Å². The van der Waals surface area contributed by atoms with Crippen molar-refractivity contribution >= 4 is 45.8 Å². The molecule has 6 nitrogen and oxygen atoms in total. The summed E-state index contributed by atoms with van der Waals surface area (Å²) in [5.74, 6) is 0.856. The normalized spacial score (nSPS) is 14.8. The van der Waals surface area contributed by atoms with E-state index in [4.69, 9.17) is 11.6 Å². The number of carbonyl (C=O) groups is 1. The highest BCUT2D eigenvalue weighted by Crippen LogP contribution is 2.35. The molecule has 1 aliphatic rings. The second-order valence-electron chi connectivity index (χ2n) is 9.02. The van der Waals surface area contributed by atoms with Crippen LogP contribution in [-0.2, 0) is 4.79 Å². The van der Waals surface area contributed by atoms with Crippen LogP contribution >= 0.6 is 23.4 Å². The highest BCUT2D eigenvalue weighted by molar-refractivity contribution is 7.99. The first-order chi connectivity index (χ1) is 17.6. The Hall–Kier alpha value is -3.16. The van der Waals surface area contributed by atoms with Gasteiger partial charge in [0, 0.05) is 22.2 Å². The molecule has 0 atom stereocenters. The van der Waals surface area contributed by atoms with Crippen LogP contribution in [0.15, 0.2) is 77.0 Å². The van der Waals surface area contributed by atoms with E-state index in [2.05, 4.69) is 43.5 Å². The van der Waals surface area contributed by atoms with Gasteiger partial charge in [0.2, 0.25) is 0 Å². The van der Waals surface area contributed by atoms with Gasteiger partial charge in [0.25, 0.3) is 5.91 Å². The lowest BCUT2D eigenvalue weighted by Gasteiger charge is -2.25. The Morgan fingerprint density at radius 2 is 1.78 bits per heavy atom. The number of halogens is 1. The Morgan fingerprint density at radius 3 is 2.58 bits per heavy atom. The van der Waals surface area contributed by atoms with Crippen molar-refractivity contribution in [2.45, 2.75) is 50.2 Å². The van der Waals surface area contributed by atoms with Crippen molar-refractivity contribution in [2.75, 3.05) is 5.75 Å². The third-order valence-corrected chi connectivity index (χ3v) is 7.76. The summed E-state index contributed by atoms with van der Waals surface area (Å²) in [6.07, 6.45) is 5.82. The molecule has 1 heterocycles. The van der Waals surface area contributed by atoms with Gasteiger partial charge in [-0.25, -0.2) is 5.43 Å². The number of aromatic nitrogens is 3. The van der Waals surface area contributed by atoms with Crippen molar-refractivity contribution < 1.29 is 4.79 Å². The molecule has 0 radical (unpaired) electrons. The smallest absolute Gasteiger partial charge is 0.250 e. The predicted molar refractivity (Wildman–Crippen MR) is 148 cm³/mol. The molecular weight excluding hydrogens is 490 g/mol. The Labute approximate surface area is 220 Å². The van der Waals surface area contributed by atoms with Gasteiger partial charge in [0.15, 0.2) is 11.0 Å². The van der Waals surface area contributed by atoms with Crippen LogP contribution in [0.5, 0.6) is 0 Å². The molecule has 4 aromatic rings. The van der Waals surface area contributed by atoms with E-state index in [1.54, 1.807) is 0 Å². The molecule has 1 aliphatic carbocycles. The third-order valence-electron chi connectivity index (χ3n) is 6.57. The summed E-state index contributed by atoms with van der Waals surface area (Å²) >= 11 is 7.49. The highest BCUT2D eigenvalue weighted by atomic mass is 35.5. The van der Waals surface area contributed by atoms with E-state index in [9.17, 15) is 4.79 Å². The zero-order valence-corrected chi connectivity index (χ0v) is 21.7. The van der Waals surface area contributed by atoms with Crippen LogP contribution in [0, 0.1) is 0 Å². The molecule has 8 heteroatoms. The van der Waals surface area contributed by atoms with Gasteiger partial charge in [-0.05, 0) is 54.8 Å². The lowest BCUT2D eigenvalue weighted by Crippen LogP contribution is -2.22. The predicted octanol–water partition coefficient (Wildman–Crippen LogP) is 6.89. The third kappa shape index (κ3) is 5.47. The molecule has 0 spiro atoms. The maximum absolute atomic E-state index is 12.7. The van der Waals surface area contributed by atoms with E-state index in [0.29, 0.717) is 11.1 Å². The fourth-order valence-electron chi connectivity index (χ4n) is 4.75. The van der Waals surface area contributed by atoms with Crippen molar-refractivity contribution in [3.63, 3.8) is 0 Å². The van der Waals surface area contributed by atoms with Crippen molar-refractivity contribution in [2.24, 2.45) is 5.10 Å². The number of nitrogens with one attached hydrogen (secondary N) is 1. The Balaban J connectivity index is 1.31. The molecular formula is C28H28ClN5OS. The molecule has 0 unspecified atom stereocenters. The van der Waals surface area contributed by atoms with Gasteiger partial charge >= 0.3 is 0 Å². The van der Waals surface area contributed by atoms with E-state index in [-0.39, 0.29) is 11.7 Å². The maximum atomic E-state index is 12.7. The first-order valence-electron chi connectivity index (χ1n) is 12.2. The standard InChI is InChI=1S/C28H28ClN5OS/c1-19(24-13-7-9-20-8-5-6-12-25(20)24)30-31-26(35)18-36-28-33-32-27(21-14-16-22(29)17-15-21)34(28)23-10-3-2-4-11-23/h5-9,12-17,23H,2-4,10-11,18H2,1H3,(H,31,35). The number of benzene rings is 3. The van der Waals surface area contributed by atoms with Gasteiger partial charge in [-0.3, -0.25) is 9.36 Å². The van der Waals surface area contributed by atoms with Gasteiger partial charge in [-0.1, -0.05) is 85.1 Å². The lowest BCUT2D eigenvalue weighted by atomic mass is 9.95. The molecule has 36 heavy (non-hydrogen) atoms. The summed E-state index contributed by atoms with van der Waals surface area (Å²) in [6, 6.07) is 22.3. The average Bonchev–Trinajstić information content (AvgIpc) is 3.35. The summed E-state index contributed by atoms with van der Waals surface area (Å²) in [7, 11) is 0. The minimum absolute atomic E-state index is 0.175. The Bertz CT molecular complexity index is 1390. The van der Waals surface area contributed by atoms with Crippen LogP contribution in [0.2, 0.25) is 5.02 Å². The minimum Gasteiger partial charge on any atom is -0.299 e. The molecule has 0 saturated heterocycles. The van der Waals surface area contributed by atoms with Gasteiger partial charge in [0.1, 0.15) is 0 Å². The second kappa shape index (κ2) is 11.3. The van der Waals surface area contributed by atoms with Crippen LogP contribution < -0.4 is 5.43 Å². The fraction of sp³-hybridized carbons (Fsp3) is 0.286. The average molecular weight is 518 g/mol. The zero-order chi connectivity index (χ0) is 24.9. The summed E-state index contributed by atoms with van der Waals surface area (Å²) in [5.41, 5.74) is 5.46. The quantitative estimate of drug-likeness (QED) is 0.164. The van der Waals surface area contributed by atoms with E-state index >= 15 is 0 Å². The number of hydrogen-bond acceptors (Lipinski definition) is 5. The number of rotatable bonds is 7. The van der Waals surface area contributed by atoms with Crippen molar-refractivity contribution in [3.05, 3.63) is 77.3 Å². The highest BCUT2D eigenvalue weighted by Gasteiger charge is 2.24. The molecule has 0 aliphatic heterocycles. The SMILES string of the molecule is CC(=NNC(=O)CSc1nnc(-c2ccc(Cl)cc2)n1C1CCCCC1)c1cccc2ccccc12. The Morgan fingerprint density at radius 1 is 1.03 bits per heavy atom. The molecule has 5 rings (SSSR count). The fourth-order valence-corrected chi connectivity index (χ4v) is 5.67.